The van der Waals surface area contributed by atoms with Crippen LogP contribution >= 0.6 is 23.2 Å². The highest BCUT2D eigenvalue weighted by molar-refractivity contribution is 6.36. The van der Waals surface area contributed by atoms with Crippen LogP contribution in [0.4, 0.5) is 0 Å². The minimum Gasteiger partial charge on any atom is -0.371 e. The van der Waals surface area contributed by atoms with Gasteiger partial charge in [-0.25, -0.2) is 0 Å². The van der Waals surface area contributed by atoms with Gasteiger partial charge in [0.05, 0.1) is 12.7 Å². The minimum atomic E-state index is 0.150. The van der Waals surface area contributed by atoms with Gasteiger partial charge in [-0.3, -0.25) is 0 Å². The van der Waals surface area contributed by atoms with Gasteiger partial charge in [0, 0.05) is 29.6 Å². The Balaban J connectivity index is 1.75. The number of rotatable bonds is 3. The normalized spacial score (nSPS) is 18.7. The molecule has 1 saturated heterocycles. The standard InChI is InChI=1S/C17H17Cl2NO/c18-15-2-1-3-16(19)14(15)10-12-4-6-13(7-5-12)17-11-20-8-9-21-17/h1-7,17,20H,8-11H2/t17-/m0/s1. The van der Waals surface area contributed by atoms with Crippen LogP contribution < -0.4 is 5.32 Å². The Morgan fingerprint density at radius 3 is 2.38 bits per heavy atom. The van der Waals surface area contributed by atoms with Gasteiger partial charge >= 0.3 is 0 Å². The van der Waals surface area contributed by atoms with Crippen LogP contribution in [0.25, 0.3) is 0 Å². The highest BCUT2D eigenvalue weighted by Gasteiger charge is 2.15. The first-order chi connectivity index (χ1) is 10.2. The third-order valence-corrected chi connectivity index (χ3v) is 4.43. The number of halogens is 2. The number of morpholine rings is 1. The van der Waals surface area contributed by atoms with Crippen LogP contribution in [0.5, 0.6) is 0 Å². The third kappa shape index (κ3) is 3.58. The lowest BCUT2D eigenvalue weighted by molar-refractivity contribution is 0.0277. The molecule has 21 heavy (non-hydrogen) atoms. The molecule has 0 aliphatic carbocycles. The van der Waals surface area contributed by atoms with Crippen molar-refractivity contribution in [1.82, 2.24) is 5.32 Å². The molecule has 1 aliphatic rings. The molecule has 2 aromatic rings. The highest BCUT2D eigenvalue weighted by atomic mass is 35.5. The molecular formula is C17H17Cl2NO. The second-order valence-electron chi connectivity index (χ2n) is 5.18. The summed E-state index contributed by atoms with van der Waals surface area (Å²) in [6.45, 7) is 2.57. The van der Waals surface area contributed by atoms with E-state index in [4.69, 9.17) is 27.9 Å². The Hall–Kier alpha value is -1.06. The maximum Gasteiger partial charge on any atom is 0.0949 e. The molecule has 0 amide bonds. The smallest absolute Gasteiger partial charge is 0.0949 e. The third-order valence-electron chi connectivity index (χ3n) is 3.72. The number of hydrogen-bond acceptors (Lipinski definition) is 2. The molecule has 0 aromatic heterocycles. The summed E-state index contributed by atoms with van der Waals surface area (Å²) in [5, 5.41) is 4.77. The molecule has 1 atom stereocenters. The van der Waals surface area contributed by atoms with Crippen LogP contribution in [0.1, 0.15) is 22.8 Å². The molecule has 0 radical (unpaired) electrons. The lowest BCUT2D eigenvalue weighted by Crippen LogP contribution is -2.33. The molecule has 0 saturated carbocycles. The molecule has 0 bridgehead atoms. The summed E-state index contributed by atoms with van der Waals surface area (Å²) in [5.41, 5.74) is 3.37. The number of ether oxygens (including phenoxy) is 1. The largest absolute Gasteiger partial charge is 0.371 e. The van der Waals surface area contributed by atoms with Crippen LogP contribution in [-0.2, 0) is 11.2 Å². The topological polar surface area (TPSA) is 21.3 Å². The van der Waals surface area contributed by atoms with E-state index in [-0.39, 0.29) is 6.10 Å². The van der Waals surface area contributed by atoms with Crippen molar-refractivity contribution in [3.63, 3.8) is 0 Å². The summed E-state index contributed by atoms with van der Waals surface area (Å²) < 4.78 is 5.76. The molecule has 1 fully saturated rings. The van der Waals surface area contributed by atoms with Gasteiger partial charge < -0.3 is 10.1 Å². The van der Waals surface area contributed by atoms with E-state index >= 15 is 0 Å². The second kappa shape index (κ2) is 6.80. The first-order valence-electron chi connectivity index (χ1n) is 7.08. The van der Waals surface area contributed by atoms with Crippen LogP contribution in [0.2, 0.25) is 10.0 Å². The van der Waals surface area contributed by atoms with E-state index in [1.807, 2.05) is 18.2 Å². The summed E-state index contributed by atoms with van der Waals surface area (Å²) in [6, 6.07) is 14.1. The van der Waals surface area contributed by atoms with Gasteiger partial charge in [-0.2, -0.15) is 0 Å². The number of benzene rings is 2. The van der Waals surface area contributed by atoms with Crippen molar-refractivity contribution < 1.29 is 4.74 Å². The second-order valence-corrected chi connectivity index (χ2v) is 6.00. The monoisotopic (exact) mass is 321 g/mol. The van der Waals surface area contributed by atoms with Crippen molar-refractivity contribution in [2.45, 2.75) is 12.5 Å². The molecule has 110 valence electrons. The first kappa shape index (κ1) is 14.9. The lowest BCUT2D eigenvalue weighted by Gasteiger charge is -2.24. The van der Waals surface area contributed by atoms with Crippen molar-refractivity contribution in [2.24, 2.45) is 0 Å². The maximum atomic E-state index is 6.22. The Bertz CT molecular complexity index is 586. The van der Waals surface area contributed by atoms with Gasteiger partial charge in [0.15, 0.2) is 0 Å². The fourth-order valence-corrected chi connectivity index (χ4v) is 3.07. The van der Waals surface area contributed by atoms with E-state index in [1.165, 1.54) is 11.1 Å². The van der Waals surface area contributed by atoms with E-state index in [2.05, 4.69) is 29.6 Å². The van der Waals surface area contributed by atoms with Crippen molar-refractivity contribution in [1.29, 1.82) is 0 Å². The zero-order valence-corrected chi connectivity index (χ0v) is 13.1. The predicted molar refractivity (Wildman–Crippen MR) is 87.3 cm³/mol. The van der Waals surface area contributed by atoms with Crippen LogP contribution in [0, 0.1) is 0 Å². The Morgan fingerprint density at radius 1 is 1.05 bits per heavy atom. The Morgan fingerprint density at radius 2 is 1.76 bits per heavy atom. The fraction of sp³-hybridized carbons (Fsp3) is 0.294. The average Bonchev–Trinajstić information content (AvgIpc) is 2.53. The van der Waals surface area contributed by atoms with E-state index in [0.717, 1.165) is 31.7 Å². The molecule has 1 aliphatic heterocycles. The zero-order chi connectivity index (χ0) is 14.7. The van der Waals surface area contributed by atoms with E-state index in [0.29, 0.717) is 10.0 Å². The summed E-state index contributed by atoms with van der Waals surface area (Å²) >= 11 is 12.4. The Kier molecular flexibility index (Phi) is 4.81. The van der Waals surface area contributed by atoms with Crippen molar-refractivity contribution in [3.8, 4) is 0 Å². The van der Waals surface area contributed by atoms with Gasteiger partial charge in [0.2, 0.25) is 0 Å². The molecule has 2 nitrogen and oxygen atoms in total. The summed E-state index contributed by atoms with van der Waals surface area (Å²) in [7, 11) is 0. The van der Waals surface area contributed by atoms with Gasteiger partial charge in [-0.05, 0) is 28.8 Å². The summed E-state index contributed by atoms with van der Waals surface area (Å²) in [4.78, 5) is 0. The van der Waals surface area contributed by atoms with E-state index in [1.54, 1.807) is 0 Å². The van der Waals surface area contributed by atoms with Gasteiger partial charge in [-0.1, -0.05) is 53.5 Å². The molecule has 2 aromatic carbocycles. The van der Waals surface area contributed by atoms with Crippen molar-refractivity contribution in [2.75, 3.05) is 19.7 Å². The summed E-state index contributed by atoms with van der Waals surface area (Å²) in [6.07, 6.45) is 0.888. The maximum absolute atomic E-state index is 6.22. The molecule has 1 N–H and O–H groups in total. The van der Waals surface area contributed by atoms with E-state index < -0.39 is 0 Å². The molecular weight excluding hydrogens is 305 g/mol. The molecule has 4 heteroatoms. The van der Waals surface area contributed by atoms with Crippen LogP contribution in [-0.4, -0.2) is 19.7 Å². The summed E-state index contributed by atoms with van der Waals surface area (Å²) in [5.74, 6) is 0. The number of hydrogen-bond donors (Lipinski definition) is 1. The Labute approximate surface area is 135 Å². The quantitative estimate of drug-likeness (QED) is 0.912. The van der Waals surface area contributed by atoms with Crippen molar-refractivity contribution >= 4 is 23.2 Å². The molecule has 0 spiro atoms. The lowest BCUT2D eigenvalue weighted by atomic mass is 10.0. The highest BCUT2D eigenvalue weighted by Crippen LogP contribution is 2.27. The average molecular weight is 322 g/mol. The van der Waals surface area contributed by atoms with E-state index in [9.17, 15) is 0 Å². The van der Waals surface area contributed by atoms with Gasteiger partial charge in [0.1, 0.15) is 0 Å². The van der Waals surface area contributed by atoms with Crippen LogP contribution in [0.15, 0.2) is 42.5 Å². The zero-order valence-electron chi connectivity index (χ0n) is 11.6. The SMILES string of the molecule is Clc1cccc(Cl)c1Cc1ccc([C@@H]2CNCCO2)cc1. The van der Waals surface area contributed by atoms with Crippen LogP contribution in [0.3, 0.4) is 0 Å². The van der Waals surface area contributed by atoms with Gasteiger partial charge in [-0.15, -0.1) is 0 Å². The van der Waals surface area contributed by atoms with Gasteiger partial charge in [0.25, 0.3) is 0 Å². The van der Waals surface area contributed by atoms with Crippen molar-refractivity contribution in [3.05, 3.63) is 69.2 Å². The number of nitrogens with one attached hydrogen (secondary N) is 1. The molecule has 0 unspecified atom stereocenters. The first-order valence-corrected chi connectivity index (χ1v) is 7.83. The predicted octanol–water partition coefficient (Wildman–Crippen LogP) is 4.25. The molecule has 3 rings (SSSR count). The molecule has 1 heterocycles. The minimum absolute atomic E-state index is 0.150. The fourth-order valence-electron chi connectivity index (χ4n) is 2.53.